The lowest BCUT2D eigenvalue weighted by atomic mass is 9.85. The van der Waals surface area contributed by atoms with E-state index in [1.54, 1.807) is 52.0 Å². The summed E-state index contributed by atoms with van der Waals surface area (Å²) in [4.78, 5) is 97.2. The van der Waals surface area contributed by atoms with Gasteiger partial charge in [0.2, 0.25) is 43.7 Å². The number of fused-ring (bicyclic) bond motifs is 2. The van der Waals surface area contributed by atoms with Crippen LogP contribution in [-0.4, -0.2) is 140 Å². The van der Waals surface area contributed by atoms with Crippen LogP contribution >= 0.6 is 0 Å². The van der Waals surface area contributed by atoms with E-state index in [0.29, 0.717) is 105 Å². The van der Waals surface area contributed by atoms with Gasteiger partial charge in [0, 0.05) is 74.6 Å². The summed E-state index contributed by atoms with van der Waals surface area (Å²) in [6, 6.07) is 11.9. The monoisotopic (exact) mass is 1500 g/mol. The molecule has 1 unspecified atom stereocenters. The summed E-state index contributed by atoms with van der Waals surface area (Å²) < 4.78 is 85.8. The number of nitrogens with one attached hydrogen (secondary N) is 6. The summed E-state index contributed by atoms with van der Waals surface area (Å²) >= 11 is 0. The number of hydrogen-bond acceptors (Lipinski definition) is 18. The molecule has 0 fully saturated rings. The predicted molar refractivity (Wildman–Crippen MR) is 405 cm³/mol. The van der Waals surface area contributed by atoms with Gasteiger partial charge in [-0.05, 0) is 251 Å². The molecule has 3 atom stereocenters. The van der Waals surface area contributed by atoms with Gasteiger partial charge in [0.25, 0.3) is 0 Å². The first-order valence-electron chi connectivity index (χ1n) is 37.3. The van der Waals surface area contributed by atoms with Crippen LogP contribution in [-0.2, 0) is 99.9 Å². The van der Waals surface area contributed by atoms with Crippen LogP contribution in [0.1, 0.15) is 240 Å². The number of esters is 3. The van der Waals surface area contributed by atoms with Gasteiger partial charge >= 0.3 is 17.9 Å². The Labute approximate surface area is 624 Å². The maximum absolute atomic E-state index is 13.6. The molecule has 0 radical (unpaired) electrons. The molecule has 2 aliphatic carbocycles. The number of sulfonamides is 2. The van der Waals surface area contributed by atoms with E-state index in [4.69, 9.17) is 33.7 Å². The number of aromatic nitrogens is 2. The van der Waals surface area contributed by atoms with Crippen LogP contribution in [0, 0.1) is 38.5 Å². The first-order chi connectivity index (χ1) is 49.4. The maximum Gasteiger partial charge on any atom is 0.325 e. The van der Waals surface area contributed by atoms with E-state index in [1.807, 2.05) is 32.9 Å². The zero-order valence-electron chi connectivity index (χ0n) is 65.1. The van der Waals surface area contributed by atoms with E-state index in [-0.39, 0.29) is 88.7 Å². The Morgan fingerprint density at radius 1 is 0.495 bits per heavy atom. The fourth-order valence-electron chi connectivity index (χ4n) is 12.7. The van der Waals surface area contributed by atoms with Crippen molar-refractivity contribution in [2.75, 3.05) is 53.6 Å². The number of benzene rings is 2. The number of aryl methyl sites for hydroxylation is 9. The van der Waals surface area contributed by atoms with Crippen molar-refractivity contribution in [2.45, 2.75) is 271 Å². The number of rotatable bonds is 39. The van der Waals surface area contributed by atoms with Crippen LogP contribution in [0.3, 0.4) is 0 Å². The van der Waals surface area contributed by atoms with E-state index in [2.05, 4.69) is 84.4 Å². The standard InChI is InChI=1S/C42H64N4O9S.C37H56N4O7S/c1-28-25-31(54-24-13-19-36(47)43-23-14-22-41(3,4)5)26-29(2)38(28)56(51,52)46-35(40(50)53-9)27-44-37(48)18-11-10-15-30-20-21-32-33(16-12-17-34(32)45-30)39(49)55-42(6,7)8;1-26-23-30(48-22-11-17-33(42)38-21-12-20-37(3,4)5)24-27(2)35(26)49(45,46)41-32(36(44)47-6)25-39-34(43)16-10-8-14-29-19-18-28-13-7-9-15-31(28)40-29/h20-21,25-26,33,35,46H,10-19,22-24,27H2,1-9H3,(H,43,47)(H,44,48);18-19,23-24,32,41H,7-17,20-22,25H2,1-6H3,(H,38,42)(H,39,43)/t33?,35-;32-/m00/s1. The molecule has 6 N–H and O–H groups in total. The molecule has 2 aliphatic rings. The summed E-state index contributed by atoms with van der Waals surface area (Å²) in [6.07, 6.45) is 17.0. The zero-order valence-corrected chi connectivity index (χ0v) is 66.7. The van der Waals surface area contributed by atoms with Gasteiger partial charge in [-0.25, -0.2) is 16.8 Å². The quantitative estimate of drug-likeness (QED) is 0.0137. The summed E-state index contributed by atoms with van der Waals surface area (Å²) in [6.45, 7) is 26.5. The van der Waals surface area contributed by atoms with Crippen molar-refractivity contribution in [2.24, 2.45) is 10.8 Å². The summed E-state index contributed by atoms with van der Waals surface area (Å²) in [5.74, 6) is -1.89. The fraction of sp³-hybridized carbons (Fsp3) is 0.633. The van der Waals surface area contributed by atoms with E-state index < -0.39 is 49.7 Å². The fourth-order valence-corrected chi connectivity index (χ4v) is 16.0. The van der Waals surface area contributed by atoms with Gasteiger partial charge in [0.15, 0.2) is 0 Å². The molecule has 2 aromatic carbocycles. The van der Waals surface area contributed by atoms with Gasteiger partial charge in [-0.15, -0.1) is 0 Å². The number of nitrogens with zero attached hydrogens (tertiary/aromatic N) is 2. The number of carbonyl (C=O) groups excluding carboxylic acids is 7. The smallest absolute Gasteiger partial charge is 0.325 e. The summed E-state index contributed by atoms with van der Waals surface area (Å²) in [5, 5.41) is 11.2. The van der Waals surface area contributed by atoms with Gasteiger partial charge in [-0.2, -0.15) is 9.44 Å². The Bertz CT molecular complexity index is 3760. The minimum Gasteiger partial charge on any atom is -0.494 e. The predicted octanol–water partition coefficient (Wildman–Crippen LogP) is 10.9. The third-order valence-corrected chi connectivity index (χ3v) is 21.5. The third-order valence-electron chi connectivity index (χ3n) is 17.9. The lowest BCUT2D eigenvalue weighted by Gasteiger charge is -2.27. The molecule has 6 rings (SSSR count). The molecule has 2 heterocycles. The lowest BCUT2D eigenvalue weighted by Crippen LogP contribution is -2.49. The molecule has 2 aromatic heterocycles. The van der Waals surface area contributed by atoms with Gasteiger partial charge in [-0.3, -0.25) is 43.5 Å². The largest absolute Gasteiger partial charge is 0.494 e. The van der Waals surface area contributed by atoms with Crippen LogP contribution in [0.2, 0.25) is 0 Å². The highest BCUT2D eigenvalue weighted by Gasteiger charge is 2.34. The first-order valence-corrected chi connectivity index (χ1v) is 40.3. The van der Waals surface area contributed by atoms with Gasteiger partial charge in [0.1, 0.15) is 29.2 Å². The number of methoxy groups -OCH3 is 2. The average Bonchev–Trinajstić information content (AvgIpc) is 0.802. The molecule has 105 heavy (non-hydrogen) atoms. The second kappa shape index (κ2) is 42.1. The zero-order chi connectivity index (χ0) is 77.7. The molecule has 0 aliphatic heterocycles. The highest BCUT2D eigenvalue weighted by Crippen LogP contribution is 2.34. The van der Waals surface area contributed by atoms with Crippen molar-refractivity contribution >= 4 is 61.6 Å². The number of pyridine rings is 2. The Morgan fingerprint density at radius 3 is 1.32 bits per heavy atom. The van der Waals surface area contributed by atoms with Crippen molar-refractivity contribution in [1.82, 2.24) is 40.7 Å². The maximum atomic E-state index is 13.6. The molecule has 4 amide bonds. The highest BCUT2D eigenvalue weighted by molar-refractivity contribution is 7.90. The molecular formula is C79H120N8O16S2. The molecule has 0 saturated heterocycles. The molecule has 0 bridgehead atoms. The van der Waals surface area contributed by atoms with Gasteiger partial charge in [0.05, 0.1) is 43.1 Å². The summed E-state index contributed by atoms with van der Waals surface area (Å²) in [7, 11) is -6.07. The van der Waals surface area contributed by atoms with Crippen LogP contribution < -0.4 is 40.2 Å². The minimum absolute atomic E-state index is 0.00383. The van der Waals surface area contributed by atoms with Crippen LogP contribution in [0.25, 0.3) is 0 Å². The van der Waals surface area contributed by atoms with Crippen molar-refractivity contribution in [3.05, 3.63) is 105 Å². The minimum atomic E-state index is -4.22. The van der Waals surface area contributed by atoms with Crippen molar-refractivity contribution in [1.29, 1.82) is 0 Å². The molecule has 584 valence electrons. The highest BCUT2D eigenvalue weighted by atomic mass is 32.2. The molecule has 0 saturated carbocycles. The molecule has 4 aromatic rings. The van der Waals surface area contributed by atoms with Gasteiger partial charge in [-0.1, -0.05) is 53.7 Å². The Kier molecular flexibility index (Phi) is 35.3. The molecule has 26 heteroatoms. The number of amides is 4. The van der Waals surface area contributed by atoms with E-state index in [9.17, 15) is 50.4 Å². The van der Waals surface area contributed by atoms with Crippen LogP contribution in [0.5, 0.6) is 11.5 Å². The molecular weight excluding hydrogens is 1380 g/mol. The second-order valence-electron chi connectivity index (χ2n) is 31.1. The lowest BCUT2D eigenvalue weighted by molar-refractivity contribution is -0.157. The van der Waals surface area contributed by atoms with Crippen molar-refractivity contribution < 1.29 is 74.1 Å². The Hall–Kier alpha value is -7.55. The first kappa shape index (κ1) is 88.1. The number of unbranched alkanes of at least 4 members (excludes halogenated alkanes) is 2. The normalized spacial score (nSPS) is 14.4. The number of ether oxygens (including phenoxy) is 5. The molecule has 0 spiro atoms. The van der Waals surface area contributed by atoms with E-state index in [1.165, 1.54) is 31.2 Å². The van der Waals surface area contributed by atoms with Gasteiger partial charge < -0.3 is 45.0 Å². The van der Waals surface area contributed by atoms with Crippen molar-refractivity contribution in [3.8, 4) is 11.5 Å². The number of hydrogen-bond donors (Lipinski definition) is 6. The van der Waals surface area contributed by atoms with E-state index >= 15 is 0 Å². The van der Waals surface area contributed by atoms with Crippen LogP contribution in [0.4, 0.5) is 0 Å². The third kappa shape index (κ3) is 31.8. The second-order valence-corrected chi connectivity index (χ2v) is 34.4. The molecule has 24 nitrogen and oxygen atoms in total. The summed E-state index contributed by atoms with van der Waals surface area (Å²) in [5.41, 5.74) is 7.90. The topological polar surface area (TPSA) is 332 Å². The van der Waals surface area contributed by atoms with E-state index in [0.717, 1.165) is 100 Å². The Morgan fingerprint density at radius 2 is 0.895 bits per heavy atom. The SMILES string of the molecule is COC(=O)[C@H](CNC(=O)CCCCc1ccc2c(n1)CCCC2)NS(=O)(=O)c1c(C)cc(OCCCC(=O)NCCCC(C)(C)C)cc1C.COC(=O)[C@H](CNC(=O)CCCCc1ccc2c(n1)CCCC2C(=O)OC(C)(C)C)NS(=O)(=O)c1c(C)cc(OCCCC(=O)NCCCC(C)(C)C)cc1C. The number of carbonyl (C=O) groups is 7. The van der Waals surface area contributed by atoms with Crippen molar-refractivity contribution in [3.63, 3.8) is 0 Å². The van der Waals surface area contributed by atoms with Crippen LogP contribution in [0.15, 0.2) is 58.3 Å². The average molecular weight is 1500 g/mol. The Balaban J connectivity index is 0.000000380.